The highest BCUT2D eigenvalue weighted by Gasteiger charge is 2.30. The number of pyridine rings is 1. The highest BCUT2D eigenvalue weighted by Crippen LogP contribution is 2.24. The van der Waals surface area contributed by atoms with Crippen LogP contribution in [-0.2, 0) is 26.0 Å². The van der Waals surface area contributed by atoms with Crippen LogP contribution in [0.3, 0.4) is 0 Å². The molecule has 0 bridgehead atoms. The van der Waals surface area contributed by atoms with Crippen LogP contribution in [0.15, 0.2) is 36.5 Å². The summed E-state index contributed by atoms with van der Waals surface area (Å²) in [5.74, 6) is -0.190. The first-order chi connectivity index (χ1) is 12.4. The second kappa shape index (κ2) is 8.11. The van der Waals surface area contributed by atoms with Crippen LogP contribution >= 0.6 is 0 Å². The normalized spacial score (nSPS) is 20.3. The Balaban J connectivity index is 1.60. The van der Waals surface area contributed by atoms with Crippen LogP contribution in [0.25, 0.3) is 10.9 Å². The van der Waals surface area contributed by atoms with Crippen molar-refractivity contribution >= 4 is 26.8 Å². The molecule has 0 spiro atoms. The van der Waals surface area contributed by atoms with E-state index in [0.29, 0.717) is 13.2 Å². The molecular formula is C18H23N3O4S. The number of para-hydroxylation sites is 1. The topological polar surface area (TPSA) is 111 Å². The summed E-state index contributed by atoms with van der Waals surface area (Å²) in [6.45, 7) is 1.05. The van der Waals surface area contributed by atoms with Gasteiger partial charge in [0.15, 0.2) is 0 Å². The number of rotatable bonds is 7. The Kier molecular flexibility index (Phi) is 5.85. The molecule has 0 radical (unpaired) electrons. The maximum absolute atomic E-state index is 12.1. The predicted octanol–water partition coefficient (Wildman–Crippen LogP) is 0.977. The molecule has 2 aromatic rings. The molecule has 1 aromatic carbocycles. The summed E-state index contributed by atoms with van der Waals surface area (Å²) in [6, 6.07) is 9.91. The van der Waals surface area contributed by atoms with E-state index in [9.17, 15) is 13.2 Å². The van der Waals surface area contributed by atoms with E-state index >= 15 is 0 Å². The van der Waals surface area contributed by atoms with E-state index in [1.165, 1.54) is 5.56 Å². The molecule has 3 rings (SSSR count). The molecule has 3 N–H and O–H groups in total. The number of fused-ring (bicyclic) bond motifs is 1. The van der Waals surface area contributed by atoms with Gasteiger partial charge in [-0.1, -0.05) is 18.2 Å². The maximum Gasteiger partial charge on any atom is 0.220 e. The molecule has 1 saturated heterocycles. The fourth-order valence-corrected chi connectivity index (χ4v) is 3.83. The minimum atomic E-state index is -3.53. The van der Waals surface area contributed by atoms with Gasteiger partial charge in [0.2, 0.25) is 15.9 Å². The molecule has 1 aliphatic rings. The number of hydrogen-bond donors (Lipinski definition) is 2. The third-order valence-corrected chi connectivity index (χ3v) is 5.46. The lowest BCUT2D eigenvalue weighted by atomic mass is 9.93. The quantitative estimate of drug-likeness (QED) is 0.747. The monoisotopic (exact) mass is 377 g/mol. The Bertz CT molecular complexity index is 880. The van der Waals surface area contributed by atoms with Gasteiger partial charge in [-0.25, -0.2) is 13.6 Å². The van der Waals surface area contributed by atoms with E-state index in [2.05, 4.69) is 10.3 Å². The van der Waals surface area contributed by atoms with Crippen molar-refractivity contribution in [3.05, 3.63) is 42.1 Å². The summed E-state index contributed by atoms with van der Waals surface area (Å²) < 4.78 is 27.4. The Morgan fingerprint density at radius 1 is 1.27 bits per heavy atom. The first-order valence-corrected chi connectivity index (χ1v) is 10.3. The number of carbonyl (C=O) groups is 1. The molecule has 8 heteroatoms. The van der Waals surface area contributed by atoms with E-state index in [1.54, 1.807) is 6.20 Å². The van der Waals surface area contributed by atoms with Gasteiger partial charge in [-0.2, -0.15) is 0 Å². The number of aromatic nitrogens is 1. The highest BCUT2D eigenvalue weighted by molar-refractivity contribution is 7.89. The Hall–Kier alpha value is -2.03. The second-order valence-corrected chi connectivity index (χ2v) is 8.37. The van der Waals surface area contributed by atoms with Crippen molar-refractivity contribution in [2.75, 3.05) is 19.0 Å². The lowest BCUT2D eigenvalue weighted by Crippen LogP contribution is -2.40. The van der Waals surface area contributed by atoms with Crippen LogP contribution in [0.5, 0.6) is 0 Å². The summed E-state index contributed by atoms with van der Waals surface area (Å²) in [7, 11) is -3.53. The van der Waals surface area contributed by atoms with Crippen LogP contribution < -0.4 is 10.5 Å². The van der Waals surface area contributed by atoms with E-state index in [-0.39, 0.29) is 36.5 Å². The van der Waals surface area contributed by atoms with Crippen molar-refractivity contribution in [2.45, 2.75) is 25.3 Å². The van der Waals surface area contributed by atoms with Crippen LogP contribution in [0.1, 0.15) is 18.4 Å². The molecule has 1 aromatic heterocycles. The fourth-order valence-electron chi connectivity index (χ4n) is 3.29. The lowest BCUT2D eigenvalue weighted by molar-refractivity contribution is -0.122. The first-order valence-electron chi connectivity index (χ1n) is 8.62. The van der Waals surface area contributed by atoms with Crippen molar-refractivity contribution in [1.29, 1.82) is 0 Å². The molecule has 1 aliphatic heterocycles. The number of carbonyl (C=O) groups excluding carboxylic acids is 1. The molecule has 2 heterocycles. The smallest absolute Gasteiger partial charge is 0.220 e. The van der Waals surface area contributed by atoms with Crippen LogP contribution in [0.4, 0.5) is 0 Å². The fraction of sp³-hybridized carbons (Fsp3) is 0.444. The zero-order chi connectivity index (χ0) is 18.6. The van der Waals surface area contributed by atoms with E-state index in [4.69, 9.17) is 9.88 Å². The van der Waals surface area contributed by atoms with Gasteiger partial charge in [0.25, 0.3) is 0 Å². The Morgan fingerprint density at radius 3 is 2.88 bits per heavy atom. The van der Waals surface area contributed by atoms with Gasteiger partial charge >= 0.3 is 0 Å². The molecule has 0 aliphatic carbocycles. The average Bonchev–Trinajstić information content (AvgIpc) is 3.01. The van der Waals surface area contributed by atoms with Crippen LogP contribution in [0, 0.1) is 5.92 Å². The maximum atomic E-state index is 12.1. The van der Waals surface area contributed by atoms with Crippen molar-refractivity contribution < 1.29 is 17.9 Å². The second-order valence-electron chi connectivity index (χ2n) is 6.63. The first kappa shape index (κ1) is 18.8. The summed E-state index contributed by atoms with van der Waals surface area (Å²) >= 11 is 0. The minimum Gasteiger partial charge on any atom is -0.379 e. The van der Waals surface area contributed by atoms with Crippen molar-refractivity contribution in [3.63, 3.8) is 0 Å². The number of amides is 1. The molecule has 1 amide bonds. The molecule has 2 atom stereocenters. The average molecular weight is 377 g/mol. The Labute approximate surface area is 153 Å². The number of sulfonamides is 1. The van der Waals surface area contributed by atoms with Crippen LogP contribution in [0.2, 0.25) is 0 Å². The number of nitrogens with one attached hydrogen (secondary N) is 1. The van der Waals surface area contributed by atoms with Crippen molar-refractivity contribution in [1.82, 2.24) is 10.3 Å². The number of ether oxygens (including phenoxy) is 1. The lowest BCUT2D eigenvalue weighted by Gasteiger charge is -2.20. The van der Waals surface area contributed by atoms with E-state index in [1.807, 2.05) is 30.3 Å². The zero-order valence-electron chi connectivity index (χ0n) is 14.4. The third-order valence-electron chi connectivity index (χ3n) is 4.60. The van der Waals surface area contributed by atoms with Gasteiger partial charge in [0.05, 0.1) is 30.5 Å². The van der Waals surface area contributed by atoms with Gasteiger partial charge in [0.1, 0.15) is 0 Å². The SMILES string of the molecule is NS(=O)(=O)CCCC(=O)N[C@H]1COC[C@H]1Cc1ccnc2ccccc12. The van der Waals surface area contributed by atoms with Gasteiger partial charge in [-0.3, -0.25) is 9.78 Å². The molecule has 26 heavy (non-hydrogen) atoms. The van der Waals surface area contributed by atoms with Crippen molar-refractivity contribution in [2.24, 2.45) is 11.1 Å². The number of nitrogens with two attached hydrogens (primary N) is 1. The van der Waals surface area contributed by atoms with Crippen LogP contribution in [-0.4, -0.2) is 44.3 Å². The molecule has 140 valence electrons. The molecule has 7 nitrogen and oxygen atoms in total. The molecule has 1 fully saturated rings. The summed E-state index contributed by atoms with van der Waals surface area (Å²) in [6.07, 6.45) is 2.94. The standard InChI is InChI=1S/C18H23N3O4S/c19-26(23,24)9-3-6-18(22)21-17-12-25-11-14(17)10-13-7-8-20-16-5-2-1-4-15(13)16/h1-2,4-5,7-8,14,17H,3,6,9-12H2,(H,21,22)(H2,19,23,24)/t14-,17+/m1/s1. The van der Waals surface area contributed by atoms with E-state index < -0.39 is 10.0 Å². The number of primary sulfonamides is 1. The predicted molar refractivity (Wildman–Crippen MR) is 98.9 cm³/mol. The van der Waals surface area contributed by atoms with E-state index in [0.717, 1.165) is 17.3 Å². The minimum absolute atomic E-state index is 0.0797. The number of nitrogens with zero attached hydrogens (tertiary/aromatic N) is 1. The molecular weight excluding hydrogens is 354 g/mol. The zero-order valence-corrected chi connectivity index (χ0v) is 15.2. The van der Waals surface area contributed by atoms with Gasteiger partial charge in [-0.05, 0) is 30.5 Å². The summed E-state index contributed by atoms with van der Waals surface area (Å²) in [4.78, 5) is 16.5. The molecule has 0 saturated carbocycles. The number of hydrogen-bond acceptors (Lipinski definition) is 5. The summed E-state index contributed by atoms with van der Waals surface area (Å²) in [5.41, 5.74) is 2.13. The Morgan fingerprint density at radius 2 is 2.08 bits per heavy atom. The van der Waals surface area contributed by atoms with Gasteiger partial charge in [0, 0.05) is 23.9 Å². The highest BCUT2D eigenvalue weighted by atomic mass is 32.2. The largest absolute Gasteiger partial charge is 0.379 e. The number of benzene rings is 1. The van der Waals surface area contributed by atoms with Gasteiger partial charge < -0.3 is 10.1 Å². The summed E-state index contributed by atoms with van der Waals surface area (Å²) in [5, 5.41) is 9.03. The molecule has 0 unspecified atom stereocenters. The van der Waals surface area contributed by atoms with Crippen molar-refractivity contribution in [3.8, 4) is 0 Å². The van der Waals surface area contributed by atoms with Gasteiger partial charge in [-0.15, -0.1) is 0 Å². The third kappa shape index (κ3) is 5.00.